The van der Waals surface area contributed by atoms with E-state index >= 15 is 0 Å². The Kier molecular flexibility index (Phi) is 9.63. The molecular weight excluding hydrogens is 372 g/mol. The zero-order valence-corrected chi connectivity index (χ0v) is 16.4. The van der Waals surface area contributed by atoms with Gasteiger partial charge in [0.05, 0.1) is 11.5 Å². The van der Waals surface area contributed by atoms with Crippen LogP contribution in [0.15, 0.2) is 33.7 Å². The summed E-state index contributed by atoms with van der Waals surface area (Å²) in [6.45, 7) is 4.50. The molecule has 0 bridgehead atoms. The van der Waals surface area contributed by atoms with E-state index in [1.165, 1.54) is 24.3 Å². The second kappa shape index (κ2) is 11.4. The van der Waals surface area contributed by atoms with Crippen LogP contribution in [0.3, 0.4) is 0 Å². The highest BCUT2D eigenvalue weighted by Gasteiger charge is 2.14. The number of nitrogens with zero attached hydrogens (tertiary/aromatic N) is 3. The Morgan fingerprint density at radius 2 is 1.81 bits per heavy atom. The number of azide groups is 1. The Hall–Kier alpha value is -2.29. The second-order valence-corrected chi connectivity index (χ2v) is 7.79. The number of rotatable bonds is 11. The first-order valence-electron chi connectivity index (χ1n) is 8.82. The zero-order chi connectivity index (χ0) is 20.3. The van der Waals surface area contributed by atoms with E-state index in [2.05, 4.69) is 14.7 Å². The fourth-order valence-electron chi connectivity index (χ4n) is 2.45. The lowest BCUT2D eigenvalue weighted by atomic mass is 9.93. The van der Waals surface area contributed by atoms with Crippen LogP contribution in [-0.4, -0.2) is 32.8 Å². The summed E-state index contributed by atoms with van der Waals surface area (Å²) in [5, 5.41) is 11.8. The van der Waals surface area contributed by atoms with Gasteiger partial charge in [-0.05, 0) is 54.5 Å². The first kappa shape index (κ1) is 22.8. The first-order valence-corrected chi connectivity index (χ1v) is 10.3. The predicted molar refractivity (Wildman–Crippen MR) is 102 cm³/mol. The third kappa shape index (κ3) is 7.86. The number of ether oxygens (including phenoxy) is 1. The van der Waals surface area contributed by atoms with E-state index in [0.717, 1.165) is 25.7 Å². The highest BCUT2D eigenvalue weighted by Crippen LogP contribution is 2.19. The number of benzene rings is 1. The Morgan fingerprint density at radius 3 is 2.33 bits per heavy atom. The lowest BCUT2D eigenvalue weighted by Gasteiger charge is -2.18. The molecule has 0 fully saturated rings. The average Bonchev–Trinajstić information content (AvgIpc) is 2.65. The SMILES string of the molecule is CCC(CO)CCC(CC)COC(=O)Nc1ccc(S(=O)(=O)N=[N+]=[N-])cc1. The average molecular weight is 398 g/mol. The van der Waals surface area contributed by atoms with Gasteiger partial charge in [-0.1, -0.05) is 26.7 Å². The van der Waals surface area contributed by atoms with Crippen molar-refractivity contribution in [2.45, 2.75) is 44.4 Å². The van der Waals surface area contributed by atoms with Crippen molar-refractivity contribution in [1.82, 2.24) is 0 Å². The molecule has 0 saturated heterocycles. The Bertz CT molecular complexity index is 741. The molecule has 0 radical (unpaired) electrons. The molecule has 0 spiro atoms. The summed E-state index contributed by atoms with van der Waals surface area (Å²) in [5.74, 6) is 0.487. The molecule has 9 nitrogen and oxygen atoms in total. The van der Waals surface area contributed by atoms with Crippen molar-refractivity contribution in [1.29, 1.82) is 0 Å². The summed E-state index contributed by atoms with van der Waals surface area (Å²) in [6, 6.07) is 5.22. The minimum Gasteiger partial charge on any atom is -0.449 e. The summed E-state index contributed by atoms with van der Waals surface area (Å²) in [5.41, 5.74) is 8.61. The molecule has 10 heteroatoms. The maximum atomic E-state index is 11.9. The molecule has 0 aliphatic heterocycles. The van der Waals surface area contributed by atoms with Crippen LogP contribution in [0.25, 0.3) is 10.4 Å². The van der Waals surface area contributed by atoms with Crippen molar-refractivity contribution >= 4 is 21.8 Å². The van der Waals surface area contributed by atoms with Crippen molar-refractivity contribution in [3.63, 3.8) is 0 Å². The van der Waals surface area contributed by atoms with Crippen LogP contribution < -0.4 is 5.32 Å². The van der Waals surface area contributed by atoms with Crippen LogP contribution in [0.4, 0.5) is 10.5 Å². The van der Waals surface area contributed by atoms with E-state index in [1.54, 1.807) is 0 Å². The molecule has 1 amide bonds. The normalized spacial score (nSPS) is 13.3. The summed E-state index contributed by atoms with van der Waals surface area (Å²) in [4.78, 5) is 14.0. The number of aliphatic hydroxyl groups excluding tert-OH is 1. The second-order valence-electron chi connectivity index (χ2n) is 6.20. The van der Waals surface area contributed by atoms with Crippen molar-refractivity contribution in [3.05, 3.63) is 34.7 Å². The van der Waals surface area contributed by atoms with Gasteiger partial charge in [0.15, 0.2) is 0 Å². The fraction of sp³-hybridized carbons (Fsp3) is 0.588. The zero-order valence-electron chi connectivity index (χ0n) is 15.5. The van der Waals surface area contributed by atoms with E-state index in [9.17, 15) is 18.3 Å². The van der Waals surface area contributed by atoms with Crippen LogP contribution in [0.5, 0.6) is 0 Å². The molecule has 0 heterocycles. The molecule has 2 N–H and O–H groups in total. The van der Waals surface area contributed by atoms with Gasteiger partial charge >= 0.3 is 6.09 Å². The maximum absolute atomic E-state index is 11.9. The smallest absolute Gasteiger partial charge is 0.411 e. The first-order chi connectivity index (χ1) is 12.9. The molecule has 150 valence electrons. The minimum absolute atomic E-state index is 0.166. The number of anilines is 1. The third-order valence-corrected chi connectivity index (χ3v) is 5.54. The molecule has 1 aromatic carbocycles. The van der Waals surface area contributed by atoms with Gasteiger partial charge in [-0.3, -0.25) is 5.32 Å². The van der Waals surface area contributed by atoms with Crippen molar-refractivity contribution in [2.75, 3.05) is 18.5 Å². The third-order valence-electron chi connectivity index (χ3n) is 4.39. The van der Waals surface area contributed by atoms with Gasteiger partial charge in [0.25, 0.3) is 10.0 Å². The number of hydrogen-bond donors (Lipinski definition) is 2. The maximum Gasteiger partial charge on any atom is 0.411 e. The lowest BCUT2D eigenvalue weighted by Crippen LogP contribution is -2.19. The van der Waals surface area contributed by atoms with Gasteiger partial charge in [0.1, 0.15) is 0 Å². The number of amides is 1. The molecule has 2 unspecified atom stereocenters. The number of nitrogens with one attached hydrogen (secondary N) is 1. The summed E-state index contributed by atoms with van der Waals surface area (Å²) >= 11 is 0. The Balaban J connectivity index is 2.53. The Labute approximate surface area is 159 Å². The van der Waals surface area contributed by atoms with Crippen LogP contribution in [0.1, 0.15) is 39.5 Å². The summed E-state index contributed by atoms with van der Waals surface area (Å²) in [7, 11) is -4.05. The van der Waals surface area contributed by atoms with Crippen molar-refractivity contribution in [3.8, 4) is 0 Å². The number of aliphatic hydroxyl groups is 1. The van der Waals surface area contributed by atoms with E-state index in [1.807, 2.05) is 13.8 Å². The van der Waals surface area contributed by atoms with Gasteiger partial charge in [-0.15, -0.1) is 0 Å². The fourth-order valence-corrected chi connectivity index (χ4v) is 3.12. The quantitative estimate of drug-likeness (QED) is 0.328. The van der Waals surface area contributed by atoms with Gasteiger partial charge in [0.2, 0.25) is 0 Å². The molecule has 0 aliphatic carbocycles. The molecule has 1 rings (SSSR count). The van der Waals surface area contributed by atoms with Crippen LogP contribution in [0.2, 0.25) is 0 Å². The van der Waals surface area contributed by atoms with E-state index in [-0.39, 0.29) is 29.9 Å². The summed E-state index contributed by atoms with van der Waals surface area (Å²) in [6.07, 6.45) is 2.90. The molecule has 2 atom stereocenters. The molecule has 1 aromatic rings. The van der Waals surface area contributed by atoms with E-state index < -0.39 is 16.1 Å². The highest BCUT2D eigenvalue weighted by molar-refractivity contribution is 7.90. The number of carbonyl (C=O) groups excluding carboxylic acids is 1. The van der Waals surface area contributed by atoms with E-state index in [4.69, 9.17) is 10.3 Å². The Morgan fingerprint density at radius 1 is 1.22 bits per heavy atom. The summed E-state index contributed by atoms with van der Waals surface area (Å²) < 4.78 is 31.1. The topological polar surface area (TPSA) is 141 Å². The van der Waals surface area contributed by atoms with Gasteiger partial charge in [0, 0.05) is 21.7 Å². The van der Waals surface area contributed by atoms with Crippen LogP contribution >= 0.6 is 0 Å². The highest BCUT2D eigenvalue weighted by atomic mass is 32.2. The van der Waals surface area contributed by atoms with Crippen molar-refractivity contribution < 1.29 is 23.1 Å². The molecular formula is C17H26N4O5S. The largest absolute Gasteiger partial charge is 0.449 e. The molecule has 0 saturated carbocycles. The van der Waals surface area contributed by atoms with Crippen molar-refractivity contribution in [2.24, 2.45) is 16.4 Å². The monoisotopic (exact) mass is 398 g/mol. The van der Waals surface area contributed by atoms with Gasteiger partial charge < -0.3 is 9.84 Å². The minimum atomic E-state index is -4.05. The lowest BCUT2D eigenvalue weighted by molar-refractivity contribution is 0.130. The van der Waals surface area contributed by atoms with Crippen LogP contribution in [0, 0.1) is 11.8 Å². The standard InChI is InChI=1S/C17H26N4O5S/c1-3-13(11-22)5-6-14(4-2)12-26-17(23)19-15-7-9-16(10-8-15)27(24,25)21-20-18/h7-10,13-14,22H,3-6,11-12H2,1-2H3,(H,19,23). The number of hydrogen-bond acceptors (Lipinski definition) is 5. The van der Waals surface area contributed by atoms with Gasteiger partial charge in [-0.25, -0.2) is 13.2 Å². The van der Waals surface area contributed by atoms with Crippen LogP contribution in [-0.2, 0) is 14.8 Å². The number of carbonyl (C=O) groups is 1. The molecule has 0 aromatic heterocycles. The molecule has 27 heavy (non-hydrogen) atoms. The number of sulfonamides is 1. The molecule has 0 aliphatic rings. The van der Waals surface area contributed by atoms with Gasteiger partial charge in [-0.2, -0.15) is 0 Å². The predicted octanol–water partition coefficient (Wildman–Crippen LogP) is 4.06. The van der Waals surface area contributed by atoms with E-state index in [0.29, 0.717) is 5.69 Å².